The smallest absolute Gasteiger partial charge is 0.169 e. The van der Waals surface area contributed by atoms with Gasteiger partial charge in [0.1, 0.15) is 14.1 Å². The van der Waals surface area contributed by atoms with E-state index in [2.05, 4.69) is 156 Å². The van der Waals surface area contributed by atoms with Gasteiger partial charge in [0.25, 0.3) is 0 Å². The molecule has 254 valence electrons. The van der Waals surface area contributed by atoms with Crippen LogP contribution in [0.3, 0.4) is 0 Å². The molecule has 2 aliphatic heterocycles. The first kappa shape index (κ1) is 35.2. The van der Waals surface area contributed by atoms with Crippen LogP contribution in [0, 0.1) is 0 Å². The maximum Gasteiger partial charge on any atom is 0.169 e. The fourth-order valence-corrected chi connectivity index (χ4v) is 6.97. The molecule has 9 rings (SSSR count). The topological polar surface area (TPSA) is 65.1 Å². The molecular weight excluding hydrogens is 866 g/mol. The fourth-order valence-electron chi connectivity index (χ4n) is 6.97. The van der Waals surface area contributed by atoms with Gasteiger partial charge in [0.15, 0.2) is 24.8 Å². The summed E-state index contributed by atoms with van der Waals surface area (Å²) in [6.07, 6.45) is 16.9. The molecule has 2 N–H and O–H groups in total. The minimum atomic E-state index is 0. The number of aryl methyl sites for hydroxylation is 2. The molecule has 8 bridgehead atoms. The largest absolute Gasteiger partial charge is 1.00 e. The number of hydrogen-bond donors (Lipinski definition) is 2. The van der Waals surface area contributed by atoms with Gasteiger partial charge in [-0.25, -0.2) is 19.1 Å². The molecule has 7 aromatic rings. The highest BCUT2D eigenvalue weighted by atomic mass is 127. The van der Waals surface area contributed by atoms with Crippen LogP contribution >= 0.6 is 0 Å². The molecule has 5 aromatic heterocycles. The maximum absolute atomic E-state index is 5.37. The third-order valence-corrected chi connectivity index (χ3v) is 9.41. The SMILES string of the molecule is C[n+]1ccc(-c2c3nc(c(-c4ccccc4)c4ccc([nH]4)c(-c4cc[n+](C)cc4)c4nc(c(-c5ccccc5)c5ccc2[nH]5)C=C4)C=C3)cc1.[I-].[I-]. The lowest BCUT2D eigenvalue weighted by molar-refractivity contribution is -0.671. The average molecular weight is 901 g/mol. The molecule has 52 heavy (non-hydrogen) atoms. The summed E-state index contributed by atoms with van der Waals surface area (Å²) in [6, 6.07) is 38.3. The molecule has 0 fully saturated rings. The molecule has 8 heteroatoms. The number of benzene rings is 2. The Balaban J connectivity index is 0.00000210. The van der Waals surface area contributed by atoms with Crippen molar-refractivity contribution in [3.05, 3.63) is 157 Å². The molecule has 7 heterocycles. The molecule has 2 aromatic carbocycles. The standard InChI is InChI=1S/C44H33N6.2HI/c1-49-25-21-31(22-26-49)43-37-17-13-33(45-37)41(29-9-5-3-6-10-29)35-15-19-39(47-35)44(32-23-27-50(2)28-24-32)40-20-16-36(48-40)42(30-11-7-4-8-12-30)34-14-18-38(43)46-34;;/h3-28H,1-2H3,(H,45,46,47,48);2*1H/q+1;;/p-1. The van der Waals surface area contributed by atoms with E-state index in [9.17, 15) is 0 Å². The number of pyridine rings is 2. The van der Waals surface area contributed by atoms with Crippen molar-refractivity contribution < 1.29 is 57.1 Å². The van der Waals surface area contributed by atoms with Gasteiger partial charge in [-0.1, -0.05) is 60.7 Å². The van der Waals surface area contributed by atoms with Crippen LogP contribution in [0.25, 0.3) is 90.9 Å². The summed E-state index contributed by atoms with van der Waals surface area (Å²) in [5.41, 5.74) is 16.0. The Kier molecular flexibility index (Phi) is 10.0. The van der Waals surface area contributed by atoms with Crippen LogP contribution in [0.4, 0.5) is 0 Å². The Bertz CT molecular complexity index is 2450. The van der Waals surface area contributed by atoms with Gasteiger partial charge in [0, 0.05) is 68.6 Å². The summed E-state index contributed by atoms with van der Waals surface area (Å²) in [7, 11) is 4.07. The van der Waals surface area contributed by atoms with Gasteiger partial charge < -0.3 is 57.9 Å². The first-order valence-corrected chi connectivity index (χ1v) is 16.8. The van der Waals surface area contributed by atoms with E-state index in [1.807, 2.05) is 35.4 Å². The van der Waals surface area contributed by atoms with E-state index in [1.54, 1.807) is 0 Å². The van der Waals surface area contributed by atoms with Crippen LogP contribution in [-0.4, -0.2) is 19.9 Å². The zero-order valence-corrected chi connectivity index (χ0v) is 32.9. The molecule has 2 aliphatic rings. The number of halogens is 2. The van der Waals surface area contributed by atoms with E-state index in [1.165, 1.54) is 0 Å². The summed E-state index contributed by atoms with van der Waals surface area (Å²) in [6.45, 7) is 0. The number of hydrogen-bond acceptors (Lipinski definition) is 2. The van der Waals surface area contributed by atoms with Crippen molar-refractivity contribution in [2.24, 2.45) is 14.1 Å². The first-order valence-electron chi connectivity index (χ1n) is 16.8. The molecule has 0 amide bonds. The maximum atomic E-state index is 5.37. The van der Waals surface area contributed by atoms with Crippen LogP contribution in [0.5, 0.6) is 0 Å². The first-order chi connectivity index (χ1) is 24.6. The minimum absolute atomic E-state index is 0. The molecule has 0 atom stereocenters. The van der Waals surface area contributed by atoms with Gasteiger partial charge in [-0.3, -0.25) is 0 Å². The lowest BCUT2D eigenvalue weighted by Gasteiger charge is -2.06. The summed E-state index contributed by atoms with van der Waals surface area (Å²) < 4.78 is 4.10. The number of nitrogens with zero attached hydrogens (tertiary/aromatic N) is 4. The van der Waals surface area contributed by atoms with Gasteiger partial charge in [-0.15, -0.1) is 0 Å². The highest BCUT2D eigenvalue weighted by molar-refractivity contribution is 5.99. The van der Waals surface area contributed by atoms with E-state index < -0.39 is 0 Å². The van der Waals surface area contributed by atoms with Crippen LogP contribution in [-0.2, 0) is 14.1 Å². The number of aromatic nitrogens is 6. The predicted molar refractivity (Wildman–Crippen MR) is 203 cm³/mol. The van der Waals surface area contributed by atoms with Crippen molar-refractivity contribution in [2.45, 2.75) is 0 Å². The Morgan fingerprint density at radius 1 is 0.365 bits per heavy atom. The molecular formula is C44H34I2N6. The number of rotatable bonds is 4. The predicted octanol–water partition coefficient (Wildman–Crippen LogP) is 2.98. The molecule has 0 spiro atoms. The van der Waals surface area contributed by atoms with Crippen LogP contribution < -0.4 is 57.1 Å². The quantitative estimate of drug-likeness (QED) is 0.211. The second kappa shape index (κ2) is 14.8. The second-order valence-electron chi connectivity index (χ2n) is 12.7. The van der Waals surface area contributed by atoms with E-state index in [0.29, 0.717) is 0 Å². The summed E-state index contributed by atoms with van der Waals surface area (Å²) in [5, 5.41) is 0. The molecule has 0 unspecified atom stereocenters. The van der Waals surface area contributed by atoms with Crippen molar-refractivity contribution >= 4 is 46.4 Å². The Hall–Kier alpha value is -5.20. The number of aromatic amines is 2. The van der Waals surface area contributed by atoms with Crippen LogP contribution in [0.1, 0.15) is 22.8 Å². The normalized spacial score (nSPS) is 11.6. The summed E-state index contributed by atoms with van der Waals surface area (Å²) >= 11 is 0. The summed E-state index contributed by atoms with van der Waals surface area (Å²) in [5.74, 6) is 0. The van der Waals surface area contributed by atoms with E-state index >= 15 is 0 Å². The summed E-state index contributed by atoms with van der Waals surface area (Å²) in [4.78, 5) is 18.4. The van der Waals surface area contributed by atoms with Gasteiger partial charge in [0.05, 0.1) is 22.8 Å². The Morgan fingerprint density at radius 2 is 0.635 bits per heavy atom. The highest BCUT2D eigenvalue weighted by Gasteiger charge is 2.19. The average Bonchev–Trinajstić information content (AvgIpc) is 3.98. The van der Waals surface area contributed by atoms with E-state index in [4.69, 9.17) is 9.97 Å². The van der Waals surface area contributed by atoms with Gasteiger partial charge in [0.2, 0.25) is 0 Å². The van der Waals surface area contributed by atoms with Gasteiger partial charge >= 0.3 is 0 Å². The lowest BCUT2D eigenvalue weighted by Crippen LogP contribution is -3.00. The third kappa shape index (κ3) is 6.52. The molecule has 0 radical (unpaired) electrons. The molecule has 0 saturated carbocycles. The van der Waals surface area contributed by atoms with Crippen molar-refractivity contribution in [2.75, 3.05) is 0 Å². The third-order valence-electron chi connectivity index (χ3n) is 9.41. The van der Waals surface area contributed by atoms with Crippen molar-refractivity contribution in [3.63, 3.8) is 0 Å². The van der Waals surface area contributed by atoms with E-state index in [-0.39, 0.29) is 48.0 Å². The molecule has 0 aliphatic carbocycles. The number of fused-ring (bicyclic) bond motifs is 8. The Morgan fingerprint density at radius 3 is 0.923 bits per heavy atom. The van der Waals surface area contributed by atoms with Gasteiger partial charge in [-0.2, -0.15) is 0 Å². The van der Waals surface area contributed by atoms with Crippen molar-refractivity contribution in [1.82, 2.24) is 19.9 Å². The second-order valence-corrected chi connectivity index (χ2v) is 12.7. The van der Waals surface area contributed by atoms with Crippen molar-refractivity contribution in [1.29, 1.82) is 0 Å². The fraction of sp³-hybridized carbons (Fsp3) is 0.0455. The van der Waals surface area contributed by atoms with Crippen LogP contribution in [0.2, 0.25) is 0 Å². The lowest BCUT2D eigenvalue weighted by atomic mass is 10.0. The Labute approximate surface area is 336 Å². The van der Waals surface area contributed by atoms with Gasteiger partial charge in [-0.05, 0) is 70.8 Å². The van der Waals surface area contributed by atoms with E-state index in [0.717, 1.165) is 89.4 Å². The number of nitrogens with one attached hydrogen (secondary N) is 2. The number of H-pyrrole nitrogens is 2. The van der Waals surface area contributed by atoms with Crippen molar-refractivity contribution in [3.8, 4) is 44.5 Å². The zero-order valence-electron chi connectivity index (χ0n) is 28.6. The van der Waals surface area contributed by atoms with Crippen LogP contribution in [0.15, 0.2) is 134 Å². The highest BCUT2D eigenvalue weighted by Crippen LogP contribution is 2.38. The zero-order chi connectivity index (χ0) is 33.6. The minimum Gasteiger partial charge on any atom is -1.00 e. The molecule has 0 saturated heterocycles. The monoisotopic (exact) mass is 900 g/mol. The molecule has 6 nitrogen and oxygen atoms in total.